The van der Waals surface area contributed by atoms with Crippen molar-refractivity contribution in [3.05, 3.63) is 53.6 Å². The number of hydrogen-bond donors (Lipinski definition) is 1. The van der Waals surface area contributed by atoms with Crippen LogP contribution in [0.1, 0.15) is 12.8 Å². The first-order valence-corrected chi connectivity index (χ1v) is 13.9. The highest BCUT2D eigenvalue weighted by atomic mass is 35.5. The second-order valence-electron chi connectivity index (χ2n) is 7.50. The molecule has 2 aromatic carbocycles. The van der Waals surface area contributed by atoms with E-state index in [0.29, 0.717) is 49.1 Å². The lowest BCUT2D eigenvalue weighted by Gasteiger charge is -2.26. The minimum atomic E-state index is -3.60. The molecule has 1 amide bonds. The molecular formula is C21H26ClN3O6S2. The fourth-order valence-electron chi connectivity index (χ4n) is 3.35. The van der Waals surface area contributed by atoms with Crippen molar-refractivity contribution in [3.8, 4) is 0 Å². The largest absolute Gasteiger partial charge is 0.379 e. The molecule has 1 aliphatic heterocycles. The van der Waals surface area contributed by atoms with Gasteiger partial charge in [-0.1, -0.05) is 11.6 Å². The van der Waals surface area contributed by atoms with E-state index in [1.165, 1.54) is 32.9 Å². The van der Waals surface area contributed by atoms with E-state index < -0.39 is 20.0 Å². The van der Waals surface area contributed by atoms with Gasteiger partial charge in [-0.3, -0.25) is 9.10 Å². The summed E-state index contributed by atoms with van der Waals surface area (Å²) in [4.78, 5) is 12.5. The molecule has 33 heavy (non-hydrogen) atoms. The van der Waals surface area contributed by atoms with Crippen molar-refractivity contribution in [2.75, 3.05) is 48.7 Å². The van der Waals surface area contributed by atoms with E-state index in [9.17, 15) is 21.6 Å². The Morgan fingerprint density at radius 1 is 1.03 bits per heavy atom. The number of amides is 1. The minimum absolute atomic E-state index is 0.0907. The van der Waals surface area contributed by atoms with Gasteiger partial charge in [-0.2, -0.15) is 4.31 Å². The summed E-state index contributed by atoms with van der Waals surface area (Å²) in [7, 11) is -7.13. The number of benzene rings is 2. The molecule has 0 radical (unpaired) electrons. The first-order chi connectivity index (χ1) is 15.6. The van der Waals surface area contributed by atoms with E-state index in [1.807, 2.05) is 0 Å². The molecule has 3 rings (SSSR count). The van der Waals surface area contributed by atoms with Crippen LogP contribution < -0.4 is 9.62 Å². The van der Waals surface area contributed by atoms with Crippen LogP contribution in [0.4, 0.5) is 11.4 Å². The number of sulfonamides is 2. The van der Waals surface area contributed by atoms with E-state index in [1.54, 1.807) is 24.3 Å². The van der Waals surface area contributed by atoms with Gasteiger partial charge in [-0.05, 0) is 55.0 Å². The maximum Gasteiger partial charge on any atom is 0.243 e. The molecule has 1 fully saturated rings. The zero-order valence-electron chi connectivity index (χ0n) is 18.1. The van der Waals surface area contributed by atoms with Gasteiger partial charge in [0.2, 0.25) is 26.0 Å². The number of morpholine rings is 1. The first kappa shape index (κ1) is 25.4. The van der Waals surface area contributed by atoms with Crippen LogP contribution in [0.3, 0.4) is 0 Å². The number of carbonyl (C=O) groups excluding carboxylic acids is 1. The summed E-state index contributed by atoms with van der Waals surface area (Å²) in [5.74, 6) is -0.302. The Bertz CT molecular complexity index is 1160. The molecule has 0 saturated carbocycles. The first-order valence-electron chi connectivity index (χ1n) is 10.3. The molecule has 2 aromatic rings. The molecule has 12 heteroatoms. The molecule has 1 saturated heterocycles. The maximum atomic E-state index is 12.7. The van der Waals surface area contributed by atoms with Gasteiger partial charge >= 0.3 is 0 Å². The Kier molecular flexibility index (Phi) is 8.35. The smallest absolute Gasteiger partial charge is 0.243 e. The lowest BCUT2D eigenvalue weighted by atomic mass is 10.2. The predicted molar refractivity (Wildman–Crippen MR) is 128 cm³/mol. The molecule has 0 aliphatic carbocycles. The number of carbonyl (C=O) groups is 1. The van der Waals surface area contributed by atoms with Crippen molar-refractivity contribution in [1.82, 2.24) is 4.31 Å². The monoisotopic (exact) mass is 515 g/mol. The standard InChI is InChI=1S/C21H26ClN3O6S2/c1-32(27,28)25(19-8-4-17(22)5-9-19)12-2-3-21(26)23-18-6-10-20(11-7-18)33(29,30)24-13-15-31-16-14-24/h4-11H,2-3,12-16H2,1H3,(H,23,26). The Morgan fingerprint density at radius 3 is 2.21 bits per heavy atom. The molecule has 0 spiro atoms. The summed E-state index contributed by atoms with van der Waals surface area (Å²) in [5.41, 5.74) is 0.929. The van der Waals surface area contributed by atoms with E-state index in [0.717, 1.165) is 6.26 Å². The van der Waals surface area contributed by atoms with Gasteiger partial charge in [-0.25, -0.2) is 16.8 Å². The highest BCUT2D eigenvalue weighted by molar-refractivity contribution is 7.92. The van der Waals surface area contributed by atoms with Crippen LogP contribution in [0.2, 0.25) is 5.02 Å². The molecule has 1 N–H and O–H groups in total. The van der Waals surface area contributed by atoms with Gasteiger partial charge in [0.05, 0.1) is 30.1 Å². The number of nitrogens with zero attached hydrogens (tertiary/aromatic N) is 2. The number of rotatable bonds is 9. The molecule has 0 aromatic heterocycles. The number of nitrogens with one attached hydrogen (secondary N) is 1. The second kappa shape index (κ2) is 10.8. The Labute approximate surface area is 199 Å². The lowest BCUT2D eigenvalue weighted by molar-refractivity contribution is -0.116. The topological polar surface area (TPSA) is 113 Å². The lowest BCUT2D eigenvalue weighted by Crippen LogP contribution is -2.40. The van der Waals surface area contributed by atoms with E-state index in [4.69, 9.17) is 16.3 Å². The number of halogens is 1. The van der Waals surface area contributed by atoms with Gasteiger partial charge in [0.1, 0.15) is 0 Å². The van der Waals surface area contributed by atoms with Crippen molar-refractivity contribution >= 4 is 48.9 Å². The molecular weight excluding hydrogens is 490 g/mol. The summed E-state index contributed by atoms with van der Waals surface area (Å²) < 4.78 is 57.4. The third-order valence-electron chi connectivity index (χ3n) is 5.03. The summed E-state index contributed by atoms with van der Waals surface area (Å²) >= 11 is 5.87. The van der Waals surface area contributed by atoms with Crippen molar-refractivity contribution in [1.29, 1.82) is 0 Å². The van der Waals surface area contributed by atoms with Crippen LogP contribution in [-0.2, 0) is 29.6 Å². The predicted octanol–water partition coefficient (Wildman–Crippen LogP) is 2.55. The third kappa shape index (κ3) is 6.90. The fourth-order valence-corrected chi connectivity index (χ4v) is 5.85. The van der Waals surface area contributed by atoms with Gasteiger partial charge in [0, 0.05) is 36.8 Å². The van der Waals surface area contributed by atoms with E-state index >= 15 is 0 Å². The zero-order valence-corrected chi connectivity index (χ0v) is 20.5. The average Bonchev–Trinajstić information content (AvgIpc) is 2.78. The van der Waals surface area contributed by atoms with Crippen LogP contribution in [-0.4, -0.2) is 66.2 Å². The summed E-state index contributed by atoms with van der Waals surface area (Å²) in [6.07, 6.45) is 1.49. The number of hydrogen-bond acceptors (Lipinski definition) is 6. The molecule has 1 heterocycles. The SMILES string of the molecule is CS(=O)(=O)N(CCCC(=O)Nc1ccc(S(=O)(=O)N2CCOCC2)cc1)c1ccc(Cl)cc1. The second-order valence-corrected chi connectivity index (χ2v) is 11.8. The summed E-state index contributed by atoms with van der Waals surface area (Å²) in [6.45, 7) is 1.47. The van der Waals surface area contributed by atoms with Crippen molar-refractivity contribution in [2.24, 2.45) is 0 Å². The third-order valence-corrected chi connectivity index (χ3v) is 8.38. The fraction of sp³-hybridized carbons (Fsp3) is 0.381. The molecule has 0 bridgehead atoms. The van der Waals surface area contributed by atoms with Gasteiger partial charge in [0.15, 0.2) is 0 Å². The van der Waals surface area contributed by atoms with Crippen molar-refractivity contribution < 1.29 is 26.4 Å². The molecule has 180 valence electrons. The van der Waals surface area contributed by atoms with Gasteiger partial charge < -0.3 is 10.1 Å². The summed E-state index contributed by atoms with van der Waals surface area (Å²) in [5, 5.41) is 3.20. The van der Waals surface area contributed by atoms with Gasteiger partial charge in [0.25, 0.3) is 0 Å². The number of ether oxygens (including phenoxy) is 1. The molecule has 9 nitrogen and oxygen atoms in total. The van der Waals surface area contributed by atoms with Crippen LogP contribution in [0.25, 0.3) is 0 Å². The molecule has 0 atom stereocenters. The maximum absolute atomic E-state index is 12.7. The average molecular weight is 516 g/mol. The quantitative estimate of drug-likeness (QED) is 0.549. The molecule has 0 unspecified atom stereocenters. The number of anilines is 2. The normalized spacial score (nSPS) is 15.2. The Balaban J connectivity index is 1.55. The highest BCUT2D eigenvalue weighted by Gasteiger charge is 2.26. The van der Waals surface area contributed by atoms with Crippen molar-refractivity contribution in [2.45, 2.75) is 17.7 Å². The van der Waals surface area contributed by atoms with E-state index in [-0.39, 0.29) is 23.8 Å². The molecule has 1 aliphatic rings. The Morgan fingerprint density at radius 2 is 1.64 bits per heavy atom. The highest BCUT2D eigenvalue weighted by Crippen LogP contribution is 2.22. The van der Waals surface area contributed by atoms with Crippen LogP contribution in [0.5, 0.6) is 0 Å². The van der Waals surface area contributed by atoms with Crippen LogP contribution in [0, 0.1) is 0 Å². The summed E-state index contributed by atoms with van der Waals surface area (Å²) in [6, 6.07) is 12.4. The van der Waals surface area contributed by atoms with Crippen LogP contribution in [0.15, 0.2) is 53.4 Å². The van der Waals surface area contributed by atoms with Crippen molar-refractivity contribution in [3.63, 3.8) is 0 Å². The van der Waals surface area contributed by atoms with Gasteiger partial charge in [-0.15, -0.1) is 0 Å². The Hall–Kier alpha value is -2.18. The van der Waals surface area contributed by atoms with Crippen LogP contribution >= 0.6 is 11.6 Å². The van der Waals surface area contributed by atoms with E-state index in [2.05, 4.69) is 5.32 Å². The minimum Gasteiger partial charge on any atom is -0.379 e. The zero-order chi connectivity index (χ0) is 24.1.